The van der Waals surface area contributed by atoms with Gasteiger partial charge in [-0.05, 0) is 20.4 Å². The molecule has 1 aromatic heterocycles. The first-order chi connectivity index (χ1) is 7.49. The number of rotatable bonds is 5. The van der Waals surface area contributed by atoms with Crippen molar-refractivity contribution in [2.24, 2.45) is 0 Å². The first kappa shape index (κ1) is 12.6. The van der Waals surface area contributed by atoms with Crippen LogP contribution in [0.4, 0.5) is 0 Å². The quantitative estimate of drug-likeness (QED) is 0.781. The standard InChI is InChI=1S/C11H17N3O2/c1-4-14-11(3,7-9(15)16)10-8(2)12-5-6-13-10/h5-6,14H,4,7H2,1-3H3,(H,15,16). The normalized spacial score (nSPS) is 14.4. The second-order valence-electron chi connectivity index (χ2n) is 3.92. The van der Waals surface area contributed by atoms with Gasteiger partial charge in [0.1, 0.15) is 0 Å². The van der Waals surface area contributed by atoms with Crippen molar-refractivity contribution in [3.05, 3.63) is 23.8 Å². The number of carbonyl (C=O) groups is 1. The number of hydrogen-bond donors (Lipinski definition) is 2. The minimum atomic E-state index is -0.853. The van der Waals surface area contributed by atoms with Crippen LogP contribution in [0.1, 0.15) is 31.7 Å². The maximum Gasteiger partial charge on any atom is 0.305 e. The third-order valence-corrected chi connectivity index (χ3v) is 2.48. The third kappa shape index (κ3) is 2.76. The number of hydrogen-bond acceptors (Lipinski definition) is 4. The Morgan fingerprint density at radius 2 is 2.12 bits per heavy atom. The number of nitrogens with one attached hydrogen (secondary N) is 1. The monoisotopic (exact) mass is 223 g/mol. The van der Waals surface area contributed by atoms with Crippen LogP contribution in [0.3, 0.4) is 0 Å². The van der Waals surface area contributed by atoms with Gasteiger partial charge in [-0.25, -0.2) is 0 Å². The van der Waals surface area contributed by atoms with E-state index in [9.17, 15) is 4.79 Å². The number of carboxylic acid groups (broad SMARTS) is 1. The molecular weight excluding hydrogens is 206 g/mol. The molecule has 0 amide bonds. The summed E-state index contributed by atoms with van der Waals surface area (Å²) in [5.74, 6) is -0.853. The van der Waals surface area contributed by atoms with Gasteiger partial charge in [-0.2, -0.15) is 0 Å². The zero-order valence-electron chi connectivity index (χ0n) is 9.82. The molecule has 0 aliphatic rings. The average molecular weight is 223 g/mol. The molecule has 0 spiro atoms. The van der Waals surface area contributed by atoms with Crippen LogP contribution in [-0.4, -0.2) is 27.6 Å². The number of aromatic nitrogens is 2. The van der Waals surface area contributed by atoms with Crippen LogP contribution in [-0.2, 0) is 10.3 Å². The van der Waals surface area contributed by atoms with Crippen molar-refractivity contribution in [1.29, 1.82) is 0 Å². The van der Waals surface area contributed by atoms with Crippen LogP contribution in [0.15, 0.2) is 12.4 Å². The molecule has 88 valence electrons. The summed E-state index contributed by atoms with van der Waals surface area (Å²) in [6.07, 6.45) is 3.17. The van der Waals surface area contributed by atoms with Crippen LogP contribution < -0.4 is 5.32 Å². The predicted octanol–water partition coefficient (Wildman–Crippen LogP) is 1.08. The highest BCUT2D eigenvalue weighted by atomic mass is 16.4. The number of aryl methyl sites for hydroxylation is 1. The maximum absolute atomic E-state index is 10.9. The van der Waals surface area contributed by atoms with Crippen molar-refractivity contribution in [1.82, 2.24) is 15.3 Å². The van der Waals surface area contributed by atoms with E-state index in [2.05, 4.69) is 15.3 Å². The molecule has 0 radical (unpaired) electrons. The highest BCUT2D eigenvalue weighted by molar-refractivity contribution is 5.68. The SMILES string of the molecule is CCNC(C)(CC(=O)O)c1nccnc1C. The third-order valence-electron chi connectivity index (χ3n) is 2.48. The number of nitrogens with zero attached hydrogens (tertiary/aromatic N) is 2. The molecule has 1 unspecified atom stereocenters. The topological polar surface area (TPSA) is 75.1 Å². The summed E-state index contributed by atoms with van der Waals surface area (Å²) < 4.78 is 0. The van der Waals surface area contributed by atoms with Crippen LogP contribution in [0, 0.1) is 6.92 Å². The van der Waals surface area contributed by atoms with Crippen molar-refractivity contribution in [2.75, 3.05) is 6.54 Å². The van der Waals surface area contributed by atoms with Crippen molar-refractivity contribution in [2.45, 2.75) is 32.7 Å². The first-order valence-electron chi connectivity index (χ1n) is 5.24. The van der Waals surface area contributed by atoms with Gasteiger partial charge in [0.25, 0.3) is 0 Å². The Balaban J connectivity index is 3.10. The Labute approximate surface area is 94.9 Å². The van der Waals surface area contributed by atoms with Crippen molar-refractivity contribution in [3.63, 3.8) is 0 Å². The Kier molecular flexibility index (Phi) is 3.95. The smallest absolute Gasteiger partial charge is 0.305 e. The van der Waals surface area contributed by atoms with Crippen molar-refractivity contribution < 1.29 is 9.90 Å². The van der Waals surface area contributed by atoms with Gasteiger partial charge in [-0.1, -0.05) is 6.92 Å². The van der Waals surface area contributed by atoms with E-state index in [1.807, 2.05) is 20.8 Å². The van der Waals surface area contributed by atoms with E-state index in [0.717, 1.165) is 5.69 Å². The molecule has 1 atom stereocenters. The van der Waals surface area contributed by atoms with Crippen LogP contribution in [0.5, 0.6) is 0 Å². The molecule has 0 aromatic carbocycles. The summed E-state index contributed by atoms with van der Waals surface area (Å²) in [5, 5.41) is 12.1. The first-order valence-corrected chi connectivity index (χ1v) is 5.24. The molecule has 1 aromatic rings. The van der Waals surface area contributed by atoms with Crippen LogP contribution >= 0.6 is 0 Å². The maximum atomic E-state index is 10.9. The van der Waals surface area contributed by atoms with E-state index in [0.29, 0.717) is 12.2 Å². The Bertz CT molecular complexity index is 381. The lowest BCUT2D eigenvalue weighted by Crippen LogP contribution is -2.42. The van der Waals surface area contributed by atoms with Crippen molar-refractivity contribution >= 4 is 5.97 Å². The minimum absolute atomic E-state index is 0.0135. The molecule has 0 bridgehead atoms. The molecule has 16 heavy (non-hydrogen) atoms. The molecule has 5 heteroatoms. The molecule has 0 aliphatic carbocycles. The van der Waals surface area contributed by atoms with Gasteiger partial charge in [-0.15, -0.1) is 0 Å². The summed E-state index contributed by atoms with van der Waals surface area (Å²) in [6, 6.07) is 0. The molecule has 1 rings (SSSR count). The fourth-order valence-corrected chi connectivity index (χ4v) is 1.87. The van der Waals surface area contributed by atoms with Gasteiger partial charge in [-0.3, -0.25) is 14.8 Å². The summed E-state index contributed by atoms with van der Waals surface area (Å²) in [4.78, 5) is 19.3. The molecule has 5 nitrogen and oxygen atoms in total. The molecule has 0 saturated heterocycles. The van der Waals surface area contributed by atoms with E-state index >= 15 is 0 Å². The fraction of sp³-hybridized carbons (Fsp3) is 0.545. The van der Waals surface area contributed by atoms with E-state index in [4.69, 9.17) is 5.11 Å². The van der Waals surface area contributed by atoms with E-state index in [1.165, 1.54) is 0 Å². The van der Waals surface area contributed by atoms with E-state index in [-0.39, 0.29) is 6.42 Å². The predicted molar refractivity (Wildman–Crippen MR) is 60.1 cm³/mol. The van der Waals surface area contributed by atoms with E-state index in [1.54, 1.807) is 12.4 Å². The summed E-state index contributed by atoms with van der Waals surface area (Å²) >= 11 is 0. The number of aliphatic carboxylic acids is 1. The van der Waals surface area contributed by atoms with Gasteiger partial charge in [0.15, 0.2) is 0 Å². The Morgan fingerprint density at radius 3 is 2.62 bits per heavy atom. The average Bonchev–Trinajstić information content (AvgIpc) is 2.17. The van der Waals surface area contributed by atoms with E-state index < -0.39 is 11.5 Å². The molecule has 0 saturated carbocycles. The largest absolute Gasteiger partial charge is 0.481 e. The lowest BCUT2D eigenvalue weighted by Gasteiger charge is -2.29. The zero-order valence-corrected chi connectivity index (χ0v) is 9.82. The van der Waals surface area contributed by atoms with Gasteiger partial charge < -0.3 is 10.4 Å². The number of carboxylic acids is 1. The molecular formula is C11H17N3O2. The highest BCUT2D eigenvalue weighted by Gasteiger charge is 2.31. The Hall–Kier alpha value is -1.49. The fourth-order valence-electron chi connectivity index (χ4n) is 1.87. The summed E-state index contributed by atoms with van der Waals surface area (Å²) in [7, 11) is 0. The second kappa shape index (κ2) is 5.03. The Morgan fingerprint density at radius 1 is 1.50 bits per heavy atom. The molecule has 0 aliphatic heterocycles. The minimum Gasteiger partial charge on any atom is -0.481 e. The summed E-state index contributed by atoms with van der Waals surface area (Å²) in [5.41, 5.74) is 0.783. The lowest BCUT2D eigenvalue weighted by molar-refractivity contribution is -0.138. The summed E-state index contributed by atoms with van der Waals surface area (Å²) in [6.45, 7) is 6.28. The van der Waals surface area contributed by atoms with Gasteiger partial charge >= 0.3 is 5.97 Å². The van der Waals surface area contributed by atoms with Crippen LogP contribution in [0.2, 0.25) is 0 Å². The van der Waals surface area contributed by atoms with Gasteiger partial charge in [0, 0.05) is 12.4 Å². The van der Waals surface area contributed by atoms with Crippen LogP contribution in [0.25, 0.3) is 0 Å². The highest BCUT2D eigenvalue weighted by Crippen LogP contribution is 2.24. The zero-order chi connectivity index (χ0) is 12.2. The van der Waals surface area contributed by atoms with Crippen molar-refractivity contribution in [3.8, 4) is 0 Å². The molecule has 1 heterocycles. The molecule has 0 fully saturated rings. The molecule has 2 N–H and O–H groups in total. The second-order valence-corrected chi connectivity index (χ2v) is 3.92. The van der Waals surface area contributed by atoms with Gasteiger partial charge in [0.2, 0.25) is 0 Å². The van der Waals surface area contributed by atoms with Gasteiger partial charge in [0.05, 0.1) is 23.3 Å². The lowest BCUT2D eigenvalue weighted by atomic mass is 9.91.